The van der Waals surface area contributed by atoms with Gasteiger partial charge in [0.1, 0.15) is 0 Å². The number of aliphatic imine (C=N–C) groups is 1. The zero-order chi connectivity index (χ0) is 9.84. The number of hydrogen-bond donors (Lipinski definition) is 1. The highest BCUT2D eigenvalue weighted by Gasteiger charge is 2.25. The molecule has 0 bridgehead atoms. The molecule has 1 heterocycles. The molecule has 1 aliphatic rings. The fourth-order valence-electron chi connectivity index (χ4n) is 1.27. The summed E-state index contributed by atoms with van der Waals surface area (Å²) in [6.07, 6.45) is 0. The summed E-state index contributed by atoms with van der Waals surface area (Å²) in [7, 11) is 1.51. The van der Waals surface area contributed by atoms with Gasteiger partial charge in [0.05, 0.1) is 19.3 Å². The minimum atomic E-state index is -0.196. The fourth-order valence-corrected chi connectivity index (χ4v) is 1.27. The molecule has 0 spiro atoms. The number of carbonyl (C=O) groups excluding carboxylic acids is 1. The van der Waals surface area contributed by atoms with Crippen molar-refractivity contribution in [3.8, 4) is 0 Å². The molecule has 74 valence electrons. The highest BCUT2D eigenvalue weighted by Crippen LogP contribution is 2.05. The van der Waals surface area contributed by atoms with E-state index in [0.29, 0.717) is 19.8 Å². The molecule has 5 heteroatoms. The first-order valence-corrected chi connectivity index (χ1v) is 4.27. The van der Waals surface area contributed by atoms with E-state index in [2.05, 4.69) is 4.99 Å². The van der Waals surface area contributed by atoms with Crippen LogP contribution in [-0.2, 0) is 9.53 Å². The molecule has 1 saturated heterocycles. The third-order valence-electron chi connectivity index (χ3n) is 2.09. The maximum absolute atomic E-state index is 11.6. The quantitative estimate of drug-likeness (QED) is 0.397. The second-order valence-electron chi connectivity index (χ2n) is 3.03. The first-order valence-electron chi connectivity index (χ1n) is 4.27. The molecule has 13 heavy (non-hydrogen) atoms. The Balaban J connectivity index is 2.64. The minimum absolute atomic E-state index is 0.0637. The Morgan fingerprint density at radius 1 is 1.69 bits per heavy atom. The first-order chi connectivity index (χ1) is 6.16. The fraction of sp³-hybridized carbons (Fsp3) is 0.750. The van der Waals surface area contributed by atoms with Crippen LogP contribution in [0.15, 0.2) is 4.99 Å². The van der Waals surface area contributed by atoms with E-state index in [1.807, 2.05) is 6.92 Å². The summed E-state index contributed by atoms with van der Waals surface area (Å²) in [6.45, 7) is 3.67. The van der Waals surface area contributed by atoms with Crippen LogP contribution in [0.2, 0.25) is 0 Å². The maximum atomic E-state index is 11.6. The molecule has 0 saturated carbocycles. The number of nitrogens with zero attached hydrogens (tertiary/aromatic N) is 2. The van der Waals surface area contributed by atoms with E-state index in [-0.39, 0.29) is 17.8 Å². The Morgan fingerprint density at radius 2 is 2.38 bits per heavy atom. The molecule has 0 aromatic rings. The van der Waals surface area contributed by atoms with Crippen LogP contribution in [0.25, 0.3) is 0 Å². The van der Waals surface area contributed by atoms with Gasteiger partial charge in [-0.3, -0.25) is 9.79 Å². The van der Waals surface area contributed by atoms with E-state index >= 15 is 0 Å². The Kier molecular flexibility index (Phi) is 3.25. The molecule has 0 aromatic heterocycles. The van der Waals surface area contributed by atoms with Crippen LogP contribution < -0.4 is 5.73 Å². The lowest BCUT2D eigenvalue weighted by atomic mass is 10.2. The van der Waals surface area contributed by atoms with E-state index in [4.69, 9.17) is 10.5 Å². The standard InChI is InChI=1S/C8H15N3O2/c1-6-5-13-4-3-11(6)8(12)7(9)10-2/h6H,3-5H2,1-2H3,(H2,9,10). The molecule has 0 radical (unpaired) electrons. The lowest BCUT2D eigenvalue weighted by molar-refractivity contribution is -0.131. The van der Waals surface area contributed by atoms with Crippen molar-refractivity contribution < 1.29 is 9.53 Å². The molecule has 5 nitrogen and oxygen atoms in total. The Morgan fingerprint density at radius 3 is 2.92 bits per heavy atom. The Hall–Kier alpha value is -1.10. The molecule has 2 N–H and O–H groups in total. The summed E-state index contributed by atoms with van der Waals surface area (Å²) in [6, 6.07) is 0.0848. The van der Waals surface area contributed by atoms with E-state index < -0.39 is 0 Å². The average molecular weight is 185 g/mol. The lowest BCUT2D eigenvalue weighted by Crippen LogP contribution is -2.51. The van der Waals surface area contributed by atoms with Crippen molar-refractivity contribution in [1.82, 2.24) is 4.90 Å². The lowest BCUT2D eigenvalue weighted by Gasteiger charge is -2.32. The van der Waals surface area contributed by atoms with Crippen LogP contribution in [-0.4, -0.2) is 49.5 Å². The summed E-state index contributed by atoms with van der Waals surface area (Å²) in [5.74, 6) is -0.132. The predicted octanol–water partition coefficient (Wildman–Crippen LogP) is -0.779. The monoisotopic (exact) mass is 185 g/mol. The van der Waals surface area contributed by atoms with Gasteiger partial charge >= 0.3 is 0 Å². The largest absolute Gasteiger partial charge is 0.379 e. The Labute approximate surface area is 77.6 Å². The molecule has 0 aliphatic carbocycles. The van der Waals surface area contributed by atoms with Crippen LogP contribution >= 0.6 is 0 Å². The molecule has 1 fully saturated rings. The summed E-state index contributed by atoms with van der Waals surface area (Å²) in [5, 5.41) is 0. The zero-order valence-electron chi connectivity index (χ0n) is 7.99. The molecular formula is C8H15N3O2. The van der Waals surface area contributed by atoms with Crippen LogP contribution in [0.1, 0.15) is 6.92 Å². The first kappa shape index (κ1) is 9.98. The maximum Gasteiger partial charge on any atom is 0.289 e. The summed E-state index contributed by atoms with van der Waals surface area (Å²) >= 11 is 0. The van der Waals surface area contributed by atoms with E-state index in [0.717, 1.165) is 0 Å². The van der Waals surface area contributed by atoms with Gasteiger partial charge in [0.15, 0.2) is 5.84 Å². The van der Waals surface area contributed by atoms with Gasteiger partial charge in [-0.05, 0) is 6.92 Å². The second-order valence-corrected chi connectivity index (χ2v) is 3.03. The van der Waals surface area contributed by atoms with Crippen molar-refractivity contribution in [3.05, 3.63) is 0 Å². The molecular weight excluding hydrogens is 170 g/mol. The SMILES string of the molecule is C/N=C(\N)C(=O)N1CCOCC1C. The molecule has 1 amide bonds. The molecule has 1 unspecified atom stereocenters. The van der Waals surface area contributed by atoms with Crippen molar-refractivity contribution in [3.63, 3.8) is 0 Å². The van der Waals surface area contributed by atoms with Crippen molar-refractivity contribution in [2.24, 2.45) is 10.7 Å². The van der Waals surface area contributed by atoms with Crippen molar-refractivity contribution in [1.29, 1.82) is 0 Å². The number of carbonyl (C=O) groups is 1. The highest BCUT2D eigenvalue weighted by atomic mass is 16.5. The Bertz CT molecular complexity index is 227. The molecule has 1 rings (SSSR count). The predicted molar refractivity (Wildman–Crippen MR) is 49.5 cm³/mol. The number of morpholine rings is 1. The topological polar surface area (TPSA) is 67.9 Å². The van der Waals surface area contributed by atoms with E-state index in [1.54, 1.807) is 4.90 Å². The molecule has 0 aromatic carbocycles. The van der Waals surface area contributed by atoms with E-state index in [9.17, 15) is 4.79 Å². The van der Waals surface area contributed by atoms with Gasteiger partial charge in [0, 0.05) is 13.6 Å². The average Bonchev–Trinajstić information content (AvgIpc) is 2.16. The highest BCUT2D eigenvalue weighted by molar-refractivity contribution is 6.37. The van der Waals surface area contributed by atoms with Gasteiger partial charge < -0.3 is 15.4 Å². The number of nitrogens with two attached hydrogens (primary N) is 1. The molecule has 1 aliphatic heterocycles. The van der Waals surface area contributed by atoms with Crippen molar-refractivity contribution >= 4 is 11.7 Å². The minimum Gasteiger partial charge on any atom is -0.379 e. The van der Waals surface area contributed by atoms with Crippen molar-refractivity contribution in [2.75, 3.05) is 26.8 Å². The normalized spacial score (nSPS) is 24.6. The zero-order valence-corrected chi connectivity index (χ0v) is 7.99. The third kappa shape index (κ3) is 2.18. The van der Waals surface area contributed by atoms with Gasteiger partial charge in [0.2, 0.25) is 0 Å². The second kappa shape index (κ2) is 4.23. The number of hydrogen-bond acceptors (Lipinski definition) is 3. The van der Waals surface area contributed by atoms with Crippen LogP contribution in [0.5, 0.6) is 0 Å². The summed E-state index contributed by atoms with van der Waals surface area (Å²) < 4.78 is 5.20. The van der Waals surface area contributed by atoms with Gasteiger partial charge in [-0.15, -0.1) is 0 Å². The van der Waals surface area contributed by atoms with Crippen molar-refractivity contribution in [2.45, 2.75) is 13.0 Å². The van der Waals surface area contributed by atoms with Crippen LogP contribution in [0.4, 0.5) is 0 Å². The number of rotatable bonds is 0. The van der Waals surface area contributed by atoms with Gasteiger partial charge in [-0.2, -0.15) is 0 Å². The van der Waals surface area contributed by atoms with Gasteiger partial charge in [-0.1, -0.05) is 0 Å². The van der Waals surface area contributed by atoms with Gasteiger partial charge in [-0.25, -0.2) is 0 Å². The number of amides is 1. The van der Waals surface area contributed by atoms with Crippen LogP contribution in [0, 0.1) is 0 Å². The number of ether oxygens (including phenoxy) is 1. The summed E-state index contributed by atoms with van der Waals surface area (Å²) in [5.41, 5.74) is 5.43. The smallest absolute Gasteiger partial charge is 0.289 e. The third-order valence-corrected chi connectivity index (χ3v) is 2.09. The number of amidine groups is 1. The molecule has 1 atom stereocenters. The van der Waals surface area contributed by atoms with Gasteiger partial charge in [0.25, 0.3) is 5.91 Å². The van der Waals surface area contributed by atoms with Crippen LogP contribution in [0.3, 0.4) is 0 Å². The summed E-state index contributed by atoms with van der Waals surface area (Å²) in [4.78, 5) is 16.9. The van der Waals surface area contributed by atoms with E-state index in [1.165, 1.54) is 7.05 Å².